The van der Waals surface area contributed by atoms with E-state index < -0.39 is 5.97 Å². The zero-order valence-electron chi connectivity index (χ0n) is 10.3. The molecule has 1 heterocycles. The highest BCUT2D eigenvalue weighted by molar-refractivity contribution is 7.10. The van der Waals surface area contributed by atoms with E-state index in [1.807, 2.05) is 0 Å². The van der Waals surface area contributed by atoms with Gasteiger partial charge in [-0.25, -0.2) is 0 Å². The quantitative estimate of drug-likeness (QED) is 0.877. The molecule has 94 valence electrons. The van der Waals surface area contributed by atoms with E-state index in [2.05, 4.69) is 24.4 Å². The Balaban J connectivity index is 2.24. The first-order valence-electron chi connectivity index (χ1n) is 6.41. The van der Waals surface area contributed by atoms with Crippen LogP contribution in [0, 0.1) is 5.92 Å². The number of hydrogen-bond acceptors (Lipinski definition) is 2. The molecular weight excluding hydrogens is 232 g/mol. The molecule has 0 bridgehead atoms. The van der Waals surface area contributed by atoms with Gasteiger partial charge in [-0.3, -0.25) is 4.79 Å². The van der Waals surface area contributed by atoms with Gasteiger partial charge in [0.2, 0.25) is 0 Å². The number of rotatable bonds is 4. The molecule has 0 spiro atoms. The van der Waals surface area contributed by atoms with Crippen molar-refractivity contribution in [3.63, 3.8) is 0 Å². The van der Waals surface area contributed by atoms with Gasteiger partial charge in [0.15, 0.2) is 0 Å². The van der Waals surface area contributed by atoms with E-state index in [1.54, 1.807) is 11.3 Å². The Morgan fingerprint density at radius 2 is 2.41 bits per heavy atom. The molecule has 1 fully saturated rings. The van der Waals surface area contributed by atoms with E-state index in [9.17, 15) is 4.79 Å². The van der Waals surface area contributed by atoms with Crippen LogP contribution in [0.4, 0.5) is 0 Å². The summed E-state index contributed by atoms with van der Waals surface area (Å²) in [6.07, 6.45) is 6.01. The van der Waals surface area contributed by atoms with Crippen molar-refractivity contribution in [2.45, 2.75) is 50.9 Å². The van der Waals surface area contributed by atoms with Gasteiger partial charge >= 0.3 is 5.97 Å². The summed E-state index contributed by atoms with van der Waals surface area (Å²) in [6, 6.07) is 4.28. The normalized spacial score (nSPS) is 29.1. The SMILES string of the molecule is CC1CCCCC1(CCC(=O)O)c1cccs1. The van der Waals surface area contributed by atoms with Crippen molar-refractivity contribution >= 4 is 17.3 Å². The van der Waals surface area contributed by atoms with Gasteiger partial charge in [-0.15, -0.1) is 11.3 Å². The fourth-order valence-corrected chi connectivity index (χ4v) is 4.27. The number of carboxylic acids is 1. The van der Waals surface area contributed by atoms with Crippen LogP contribution in [0.25, 0.3) is 0 Å². The van der Waals surface area contributed by atoms with Crippen LogP contribution in [-0.4, -0.2) is 11.1 Å². The standard InChI is InChI=1S/C14H20O2S/c1-11-5-2-3-8-14(11,9-7-13(15)16)12-6-4-10-17-12/h4,6,10-11H,2-3,5,7-9H2,1H3,(H,15,16). The maximum atomic E-state index is 10.9. The Bertz CT molecular complexity index is 372. The van der Waals surface area contributed by atoms with Gasteiger partial charge in [0, 0.05) is 16.7 Å². The summed E-state index contributed by atoms with van der Waals surface area (Å²) in [5.74, 6) is -0.0621. The lowest BCUT2D eigenvalue weighted by Gasteiger charge is -2.42. The predicted octanol–water partition coefficient (Wildman–Crippen LogP) is 4.06. The zero-order chi connectivity index (χ0) is 12.3. The van der Waals surface area contributed by atoms with Crippen molar-refractivity contribution in [3.05, 3.63) is 22.4 Å². The van der Waals surface area contributed by atoms with Crippen LogP contribution >= 0.6 is 11.3 Å². The highest BCUT2D eigenvalue weighted by Crippen LogP contribution is 2.48. The first-order chi connectivity index (χ1) is 8.15. The molecule has 3 heteroatoms. The summed E-state index contributed by atoms with van der Waals surface area (Å²) in [6.45, 7) is 2.29. The Kier molecular flexibility index (Phi) is 3.87. The molecule has 1 aromatic rings. The van der Waals surface area contributed by atoms with Crippen LogP contribution in [0.15, 0.2) is 17.5 Å². The third-order valence-corrected chi connectivity index (χ3v) is 5.34. The summed E-state index contributed by atoms with van der Waals surface area (Å²) in [5.41, 5.74) is 0.130. The fraction of sp³-hybridized carbons (Fsp3) is 0.643. The van der Waals surface area contributed by atoms with Gasteiger partial charge in [0.25, 0.3) is 0 Å². The van der Waals surface area contributed by atoms with Crippen LogP contribution in [-0.2, 0) is 10.2 Å². The third kappa shape index (κ3) is 2.54. The van der Waals surface area contributed by atoms with Crippen molar-refractivity contribution in [2.75, 3.05) is 0 Å². The second-order valence-corrected chi connectivity index (χ2v) is 6.12. The number of aliphatic carboxylic acids is 1. The summed E-state index contributed by atoms with van der Waals surface area (Å²) >= 11 is 1.79. The minimum atomic E-state index is -0.668. The van der Waals surface area contributed by atoms with E-state index in [0.717, 1.165) is 12.8 Å². The lowest BCUT2D eigenvalue weighted by molar-refractivity contribution is -0.137. The molecule has 2 atom stereocenters. The minimum absolute atomic E-state index is 0.130. The first kappa shape index (κ1) is 12.6. The average molecular weight is 252 g/mol. The molecule has 2 nitrogen and oxygen atoms in total. The fourth-order valence-electron chi connectivity index (χ4n) is 3.17. The maximum Gasteiger partial charge on any atom is 0.303 e. The molecule has 0 aliphatic heterocycles. The molecule has 17 heavy (non-hydrogen) atoms. The molecule has 0 amide bonds. The number of hydrogen-bond donors (Lipinski definition) is 1. The first-order valence-corrected chi connectivity index (χ1v) is 7.29. The summed E-state index contributed by atoms with van der Waals surface area (Å²) < 4.78 is 0. The third-order valence-electron chi connectivity index (χ3n) is 4.25. The zero-order valence-corrected chi connectivity index (χ0v) is 11.1. The summed E-state index contributed by atoms with van der Waals surface area (Å²) in [7, 11) is 0. The van der Waals surface area contributed by atoms with E-state index >= 15 is 0 Å². The van der Waals surface area contributed by atoms with Crippen LogP contribution in [0.3, 0.4) is 0 Å². The summed E-state index contributed by atoms with van der Waals surface area (Å²) in [4.78, 5) is 12.3. The molecule has 1 N–H and O–H groups in total. The van der Waals surface area contributed by atoms with Crippen LogP contribution < -0.4 is 0 Å². The number of carboxylic acid groups (broad SMARTS) is 1. The minimum Gasteiger partial charge on any atom is -0.481 e. The van der Waals surface area contributed by atoms with Crippen LogP contribution in [0.1, 0.15) is 50.3 Å². The van der Waals surface area contributed by atoms with E-state index in [1.165, 1.54) is 24.1 Å². The van der Waals surface area contributed by atoms with Gasteiger partial charge in [-0.2, -0.15) is 0 Å². The lowest BCUT2D eigenvalue weighted by Crippen LogP contribution is -2.36. The van der Waals surface area contributed by atoms with Crippen molar-refractivity contribution in [1.29, 1.82) is 0 Å². The topological polar surface area (TPSA) is 37.3 Å². The average Bonchev–Trinajstić information content (AvgIpc) is 2.82. The Hall–Kier alpha value is -0.830. The molecule has 1 aliphatic rings. The van der Waals surface area contributed by atoms with Gasteiger partial charge in [0.1, 0.15) is 0 Å². The Labute approximate surface area is 107 Å². The highest BCUT2D eigenvalue weighted by Gasteiger charge is 2.40. The maximum absolute atomic E-state index is 10.9. The van der Waals surface area contributed by atoms with Gasteiger partial charge in [0.05, 0.1) is 0 Å². The monoisotopic (exact) mass is 252 g/mol. The van der Waals surface area contributed by atoms with Crippen LogP contribution in [0.5, 0.6) is 0 Å². The smallest absolute Gasteiger partial charge is 0.303 e. The van der Waals surface area contributed by atoms with Crippen molar-refractivity contribution < 1.29 is 9.90 Å². The molecule has 2 unspecified atom stereocenters. The van der Waals surface area contributed by atoms with Crippen molar-refractivity contribution in [2.24, 2.45) is 5.92 Å². The van der Waals surface area contributed by atoms with E-state index in [-0.39, 0.29) is 5.41 Å². The Morgan fingerprint density at radius 3 is 3.00 bits per heavy atom. The molecule has 2 rings (SSSR count). The van der Waals surface area contributed by atoms with Crippen molar-refractivity contribution in [1.82, 2.24) is 0 Å². The molecular formula is C14H20O2S. The number of thiophene rings is 1. The predicted molar refractivity (Wildman–Crippen MR) is 70.5 cm³/mol. The Morgan fingerprint density at radius 1 is 1.59 bits per heavy atom. The molecule has 1 saturated carbocycles. The van der Waals surface area contributed by atoms with E-state index in [0.29, 0.717) is 12.3 Å². The second kappa shape index (κ2) is 5.21. The molecule has 1 aromatic heterocycles. The molecule has 0 saturated heterocycles. The van der Waals surface area contributed by atoms with Gasteiger partial charge < -0.3 is 5.11 Å². The van der Waals surface area contributed by atoms with Gasteiger partial charge in [-0.05, 0) is 36.6 Å². The molecule has 0 radical (unpaired) electrons. The largest absolute Gasteiger partial charge is 0.481 e. The van der Waals surface area contributed by atoms with Crippen molar-refractivity contribution in [3.8, 4) is 0 Å². The summed E-state index contributed by atoms with van der Waals surface area (Å²) in [5, 5.41) is 11.1. The lowest BCUT2D eigenvalue weighted by atomic mass is 9.64. The van der Waals surface area contributed by atoms with Gasteiger partial charge in [-0.1, -0.05) is 25.8 Å². The van der Waals surface area contributed by atoms with E-state index in [4.69, 9.17) is 5.11 Å². The molecule has 0 aromatic carbocycles. The highest BCUT2D eigenvalue weighted by atomic mass is 32.1. The molecule has 1 aliphatic carbocycles. The number of carbonyl (C=O) groups is 1. The second-order valence-electron chi connectivity index (χ2n) is 5.17. The van der Waals surface area contributed by atoms with Crippen LogP contribution in [0.2, 0.25) is 0 Å².